The summed E-state index contributed by atoms with van der Waals surface area (Å²) in [5.41, 5.74) is 2.81. The van der Waals surface area contributed by atoms with Gasteiger partial charge in [-0.1, -0.05) is 0 Å². The molecule has 1 aliphatic rings. The van der Waals surface area contributed by atoms with Crippen molar-refractivity contribution in [2.75, 3.05) is 0 Å². The third kappa shape index (κ3) is 1.41. The second-order valence-electron chi connectivity index (χ2n) is 4.21. The van der Waals surface area contributed by atoms with Gasteiger partial charge in [0.1, 0.15) is 11.5 Å². The molecule has 2 aromatic heterocycles. The fraction of sp³-hybridized carbons (Fsp3) is 0.333. The van der Waals surface area contributed by atoms with Crippen LogP contribution in [0.1, 0.15) is 25.1 Å². The first-order valence-corrected chi connectivity index (χ1v) is 5.44. The molecule has 1 aliphatic heterocycles. The molecular weight excluding hydrogens is 205 g/mol. The quantitative estimate of drug-likeness (QED) is 0.735. The molecule has 0 fully saturated rings. The Bertz CT molecular complexity index is 516. The SMILES string of the molecule is C[C@H]1CCc2cc(-c3ccc(F)cn3)nn21. The molecule has 0 unspecified atom stereocenters. The lowest BCUT2D eigenvalue weighted by Crippen LogP contribution is -2.01. The first-order valence-electron chi connectivity index (χ1n) is 5.44. The van der Waals surface area contributed by atoms with E-state index in [-0.39, 0.29) is 5.82 Å². The van der Waals surface area contributed by atoms with E-state index in [1.165, 1.54) is 18.0 Å². The fourth-order valence-electron chi connectivity index (χ4n) is 2.13. The van der Waals surface area contributed by atoms with Crippen molar-refractivity contribution in [2.24, 2.45) is 0 Å². The average Bonchev–Trinajstić information content (AvgIpc) is 2.83. The standard InChI is InChI=1S/C12H12FN3/c1-8-2-4-10-6-12(15-16(8)10)11-5-3-9(13)7-14-11/h3,5-8H,2,4H2,1H3/t8-/m0/s1. The largest absolute Gasteiger partial charge is 0.266 e. The average molecular weight is 217 g/mol. The van der Waals surface area contributed by atoms with E-state index in [4.69, 9.17) is 0 Å². The van der Waals surface area contributed by atoms with Crippen LogP contribution < -0.4 is 0 Å². The number of hydrogen-bond acceptors (Lipinski definition) is 2. The van der Waals surface area contributed by atoms with Gasteiger partial charge in [-0.25, -0.2) is 4.39 Å². The summed E-state index contributed by atoms with van der Waals surface area (Å²) in [5.74, 6) is -0.316. The zero-order valence-corrected chi connectivity index (χ0v) is 9.02. The van der Waals surface area contributed by atoms with Crippen LogP contribution in [0.3, 0.4) is 0 Å². The molecule has 16 heavy (non-hydrogen) atoms. The Balaban J connectivity index is 2.02. The second kappa shape index (κ2) is 3.40. The highest BCUT2D eigenvalue weighted by atomic mass is 19.1. The lowest BCUT2D eigenvalue weighted by atomic mass is 10.2. The number of fused-ring (bicyclic) bond motifs is 1. The van der Waals surface area contributed by atoms with E-state index in [9.17, 15) is 4.39 Å². The van der Waals surface area contributed by atoms with Gasteiger partial charge in [-0.05, 0) is 38.0 Å². The van der Waals surface area contributed by atoms with E-state index >= 15 is 0 Å². The van der Waals surface area contributed by atoms with Crippen molar-refractivity contribution in [1.29, 1.82) is 0 Å². The summed E-state index contributed by atoms with van der Waals surface area (Å²) in [4.78, 5) is 4.04. The molecule has 2 aromatic rings. The molecule has 0 aromatic carbocycles. The van der Waals surface area contributed by atoms with Crippen LogP contribution in [0.5, 0.6) is 0 Å². The molecule has 0 amide bonds. The third-order valence-electron chi connectivity index (χ3n) is 3.04. The predicted molar refractivity (Wildman–Crippen MR) is 58.4 cm³/mol. The lowest BCUT2D eigenvalue weighted by molar-refractivity contribution is 0.522. The van der Waals surface area contributed by atoms with E-state index in [1.54, 1.807) is 6.07 Å². The zero-order chi connectivity index (χ0) is 11.1. The van der Waals surface area contributed by atoms with Crippen molar-refractivity contribution in [3.05, 3.63) is 35.9 Å². The highest BCUT2D eigenvalue weighted by molar-refractivity contribution is 5.54. The Morgan fingerprint density at radius 2 is 2.25 bits per heavy atom. The molecule has 0 spiro atoms. The molecule has 0 N–H and O–H groups in total. The van der Waals surface area contributed by atoms with Crippen molar-refractivity contribution >= 4 is 0 Å². The summed E-state index contributed by atoms with van der Waals surface area (Å²) in [7, 11) is 0. The van der Waals surface area contributed by atoms with Crippen LogP contribution >= 0.6 is 0 Å². The van der Waals surface area contributed by atoms with E-state index in [1.807, 2.05) is 10.7 Å². The van der Waals surface area contributed by atoms with Crippen molar-refractivity contribution < 1.29 is 4.39 Å². The Hall–Kier alpha value is -1.71. The lowest BCUT2D eigenvalue weighted by Gasteiger charge is -2.03. The van der Waals surface area contributed by atoms with Gasteiger partial charge < -0.3 is 0 Å². The van der Waals surface area contributed by atoms with Gasteiger partial charge in [-0.2, -0.15) is 5.10 Å². The molecular formula is C12H12FN3. The normalized spacial score (nSPS) is 18.8. The minimum atomic E-state index is -0.316. The minimum Gasteiger partial charge on any atom is -0.266 e. The van der Waals surface area contributed by atoms with Crippen LogP contribution in [-0.4, -0.2) is 14.8 Å². The summed E-state index contributed by atoms with van der Waals surface area (Å²) in [5, 5.41) is 4.50. The number of hydrogen-bond donors (Lipinski definition) is 0. The van der Waals surface area contributed by atoms with Crippen LogP contribution in [0.25, 0.3) is 11.4 Å². The van der Waals surface area contributed by atoms with E-state index in [2.05, 4.69) is 17.0 Å². The number of aromatic nitrogens is 3. The maximum Gasteiger partial charge on any atom is 0.141 e. The maximum atomic E-state index is 12.7. The molecule has 0 radical (unpaired) electrons. The minimum absolute atomic E-state index is 0.316. The Labute approximate surface area is 92.9 Å². The molecule has 0 bridgehead atoms. The molecule has 3 nitrogen and oxygen atoms in total. The zero-order valence-electron chi connectivity index (χ0n) is 9.02. The third-order valence-corrected chi connectivity index (χ3v) is 3.04. The van der Waals surface area contributed by atoms with Crippen molar-refractivity contribution in [1.82, 2.24) is 14.8 Å². The first kappa shape index (κ1) is 9.51. The second-order valence-corrected chi connectivity index (χ2v) is 4.21. The molecule has 82 valence electrons. The first-order chi connectivity index (χ1) is 7.74. The van der Waals surface area contributed by atoms with E-state index in [0.29, 0.717) is 6.04 Å². The van der Waals surface area contributed by atoms with Gasteiger partial charge >= 0.3 is 0 Å². The Kier molecular flexibility index (Phi) is 2.02. The number of halogens is 1. The number of rotatable bonds is 1. The van der Waals surface area contributed by atoms with Crippen molar-refractivity contribution in [3.63, 3.8) is 0 Å². The number of pyridine rings is 1. The number of nitrogens with zero attached hydrogens (tertiary/aromatic N) is 3. The van der Waals surface area contributed by atoms with Crippen LogP contribution in [-0.2, 0) is 6.42 Å². The van der Waals surface area contributed by atoms with Gasteiger partial charge in [-0.15, -0.1) is 0 Å². The Morgan fingerprint density at radius 3 is 2.94 bits per heavy atom. The van der Waals surface area contributed by atoms with Gasteiger partial charge in [0, 0.05) is 11.7 Å². The van der Waals surface area contributed by atoms with Crippen LogP contribution in [0, 0.1) is 5.82 Å². The van der Waals surface area contributed by atoms with Crippen LogP contribution in [0.4, 0.5) is 4.39 Å². The maximum absolute atomic E-state index is 12.7. The Morgan fingerprint density at radius 1 is 1.38 bits per heavy atom. The van der Waals surface area contributed by atoms with E-state index < -0.39 is 0 Å². The van der Waals surface area contributed by atoms with Gasteiger partial charge in [-0.3, -0.25) is 9.67 Å². The summed E-state index contributed by atoms with van der Waals surface area (Å²) in [6, 6.07) is 5.59. The molecule has 0 aliphatic carbocycles. The number of aryl methyl sites for hydroxylation is 1. The summed E-state index contributed by atoms with van der Waals surface area (Å²) in [6.07, 6.45) is 3.44. The highest BCUT2D eigenvalue weighted by Gasteiger charge is 2.20. The predicted octanol–water partition coefficient (Wildman–Crippen LogP) is 2.59. The van der Waals surface area contributed by atoms with Crippen LogP contribution in [0.15, 0.2) is 24.4 Å². The smallest absolute Gasteiger partial charge is 0.141 e. The van der Waals surface area contributed by atoms with Crippen molar-refractivity contribution in [3.8, 4) is 11.4 Å². The molecule has 0 saturated heterocycles. The van der Waals surface area contributed by atoms with Gasteiger partial charge in [0.15, 0.2) is 0 Å². The van der Waals surface area contributed by atoms with Crippen LogP contribution in [0.2, 0.25) is 0 Å². The summed E-state index contributed by atoms with van der Waals surface area (Å²) in [6.45, 7) is 2.16. The van der Waals surface area contributed by atoms with Gasteiger partial charge in [0.05, 0.1) is 11.9 Å². The highest BCUT2D eigenvalue weighted by Crippen LogP contribution is 2.28. The van der Waals surface area contributed by atoms with Gasteiger partial charge in [0.25, 0.3) is 0 Å². The molecule has 1 atom stereocenters. The van der Waals surface area contributed by atoms with Crippen molar-refractivity contribution in [2.45, 2.75) is 25.8 Å². The molecule has 3 rings (SSSR count). The van der Waals surface area contributed by atoms with E-state index in [0.717, 1.165) is 24.2 Å². The molecule has 4 heteroatoms. The summed E-state index contributed by atoms with van der Waals surface area (Å²) >= 11 is 0. The monoisotopic (exact) mass is 217 g/mol. The van der Waals surface area contributed by atoms with Gasteiger partial charge in [0.2, 0.25) is 0 Å². The topological polar surface area (TPSA) is 30.7 Å². The summed E-state index contributed by atoms with van der Waals surface area (Å²) < 4.78 is 14.8. The fourth-order valence-corrected chi connectivity index (χ4v) is 2.13. The molecule has 0 saturated carbocycles. The molecule has 3 heterocycles.